The van der Waals surface area contributed by atoms with Gasteiger partial charge in [-0.15, -0.1) is 0 Å². The highest BCUT2D eigenvalue weighted by molar-refractivity contribution is 5.86. The first-order chi connectivity index (χ1) is 11.9. The molecule has 0 atom stereocenters. The maximum absolute atomic E-state index is 10.5. The lowest BCUT2D eigenvalue weighted by molar-refractivity contribution is -0.136. The minimum absolute atomic E-state index is 0.347. The van der Waals surface area contributed by atoms with Crippen molar-refractivity contribution < 1.29 is 19.4 Å². The second-order valence-corrected chi connectivity index (χ2v) is 6.47. The lowest BCUT2D eigenvalue weighted by atomic mass is 10.0. The highest BCUT2D eigenvalue weighted by Gasteiger charge is 2.02. The Morgan fingerprint density at radius 2 is 1.24 bits per heavy atom. The van der Waals surface area contributed by atoms with Crippen molar-refractivity contribution in [2.24, 2.45) is 0 Å². The average Bonchev–Trinajstić information content (AvgIpc) is 2.59. The van der Waals surface area contributed by atoms with E-state index in [2.05, 4.69) is 24.8 Å². The van der Waals surface area contributed by atoms with Crippen LogP contribution in [-0.4, -0.2) is 24.2 Å². The fourth-order valence-electron chi connectivity index (χ4n) is 2.28. The number of hydrogen-bond donors (Lipinski definition) is 1. The Balaban J connectivity index is 0. The van der Waals surface area contributed by atoms with Gasteiger partial charge in [0.15, 0.2) is 0 Å². The summed E-state index contributed by atoms with van der Waals surface area (Å²) in [5.41, 5.74) is 0.786. The van der Waals surface area contributed by atoms with E-state index in [4.69, 9.17) is 5.11 Å². The summed E-state index contributed by atoms with van der Waals surface area (Å²) in [4.78, 5) is 20.7. The molecule has 4 heteroatoms. The number of methoxy groups -OCH3 is 1. The molecule has 1 N–H and O–H groups in total. The van der Waals surface area contributed by atoms with Crippen molar-refractivity contribution in [1.82, 2.24) is 0 Å². The Labute approximate surface area is 154 Å². The molecule has 25 heavy (non-hydrogen) atoms. The number of carbonyl (C=O) groups excluding carboxylic acids is 1. The van der Waals surface area contributed by atoms with E-state index in [9.17, 15) is 9.59 Å². The third-order valence-electron chi connectivity index (χ3n) is 3.92. The monoisotopic (exact) mass is 354 g/mol. The van der Waals surface area contributed by atoms with Crippen LogP contribution in [0.4, 0.5) is 0 Å². The Morgan fingerprint density at radius 3 is 1.52 bits per heavy atom. The fraction of sp³-hybridized carbons (Fsp3) is 0.714. The predicted octanol–water partition coefficient (Wildman–Crippen LogP) is 6.06. The fourth-order valence-corrected chi connectivity index (χ4v) is 2.28. The van der Waals surface area contributed by atoms with E-state index < -0.39 is 5.97 Å². The van der Waals surface area contributed by atoms with Gasteiger partial charge < -0.3 is 9.84 Å². The number of aliphatic carboxylic acids is 1. The van der Waals surface area contributed by atoms with Crippen LogP contribution >= 0.6 is 0 Å². The standard InChI is InChI=1S/C16H30O2.C5H8O2/c1-3-4-5-6-7-8-9-10-11-12-13-14-15(2)16(17)18;1-4(2)5(6)7-3/h2-14H2,1H3,(H,17,18);1H2,2-3H3. The third kappa shape index (κ3) is 20.4. The Morgan fingerprint density at radius 1 is 0.840 bits per heavy atom. The van der Waals surface area contributed by atoms with E-state index >= 15 is 0 Å². The van der Waals surface area contributed by atoms with Crippen molar-refractivity contribution >= 4 is 11.9 Å². The molecule has 0 aliphatic heterocycles. The second-order valence-electron chi connectivity index (χ2n) is 6.47. The molecular formula is C21H38O4. The number of carbonyl (C=O) groups is 2. The van der Waals surface area contributed by atoms with Crippen LogP contribution in [0, 0.1) is 0 Å². The topological polar surface area (TPSA) is 63.6 Å². The molecule has 0 radical (unpaired) electrons. The summed E-state index contributed by atoms with van der Waals surface area (Å²) in [6.07, 6.45) is 14.9. The molecule has 0 aromatic rings. The average molecular weight is 355 g/mol. The number of unbranched alkanes of at least 4 members (excludes halogenated alkanes) is 10. The summed E-state index contributed by atoms with van der Waals surface area (Å²) in [6.45, 7) is 10.7. The van der Waals surface area contributed by atoms with Gasteiger partial charge in [-0.1, -0.05) is 84.3 Å². The van der Waals surface area contributed by atoms with Crippen LogP contribution in [0.1, 0.15) is 90.9 Å². The Hall–Kier alpha value is -1.58. The molecule has 0 aromatic heterocycles. The molecule has 0 spiro atoms. The number of hydrogen-bond acceptors (Lipinski definition) is 3. The van der Waals surface area contributed by atoms with Crippen LogP contribution in [0.5, 0.6) is 0 Å². The maximum Gasteiger partial charge on any atom is 0.332 e. The molecule has 4 nitrogen and oxygen atoms in total. The summed E-state index contributed by atoms with van der Waals surface area (Å²) >= 11 is 0. The molecule has 0 bridgehead atoms. The van der Waals surface area contributed by atoms with E-state index in [1.54, 1.807) is 6.92 Å². The van der Waals surface area contributed by atoms with Crippen molar-refractivity contribution in [3.05, 3.63) is 24.3 Å². The number of ether oxygens (including phenoxy) is 1. The zero-order valence-corrected chi connectivity index (χ0v) is 16.6. The smallest absolute Gasteiger partial charge is 0.332 e. The Kier molecular flexibility index (Phi) is 19.2. The summed E-state index contributed by atoms with van der Waals surface area (Å²) < 4.78 is 4.27. The van der Waals surface area contributed by atoms with Crippen molar-refractivity contribution in [1.29, 1.82) is 0 Å². The zero-order valence-electron chi connectivity index (χ0n) is 16.6. The van der Waals surface area contributed by atoms with Gasteiger partial charge in [0.05, 0.1) is 7.11 Å². The zero-order chi connectivity index (χ0) is 19.5. The summed E-state index contributed by atoms with van der Waals surface area (Å²) in [5, 5.41) is 8.64. The molecule has 0 aromatic carbocycles. The van der Waals surface area contributed by atoms with E-state index in [1.165, 1.54) is 64.9 Å². The number of carboxylic acids is 1. The molecule has 0 rings (SSSR count). The van der Waals surface area contributed by atoms with E-state index in [0.717, 1.165) is 12.8 Å². The lowest BCUT2D eigenvalue weighted by Crippen LogP contribution is -1.98. The van der Waals surface area contributed by atoms with Gasteiger partial charge in [0.1, 0.15) is 0 Å². The van der Waals surface area contributed by atoms with Crippen LogP contribution < -0.4 is 0 Å². The summed E-state index contributed by atoms with van der Waals surface area (Å²) in [6, 6.07) is 0. The first kappa shape index (κ1) is 25.7. The van der Waals surface area contributed by atoms with Crippen LogP contribution in [0.25, 0.3) is 0 Å². The number of rotatable bonds is 14. The van der Waals surface area contributed by atoms with Crippen molar-refractivity contribution in [3.8, 4) is 0 Å². The Bertz CT molecular complexity index is 385. The first-order valence-electron chi connectivity index (χ1n) is 9.51. The molecule has 0 saturated heterocycles. The van der Waals surface area contributed by atoms with Gasteiger partial charge >= 0.3 is 11.9 Å². The van der Waals surface area contributed by atoms with E-state index in [0.29, 0.717) is 17.6 Å². The highest BCUT2D eigenvalue weighted by atomic mass is 16.5. The number of esters is 1. The molecule has 0 amide bonds. The molecule has 0 aliphatic carbocycles. The first-order valence-corrected chi connectivity index (χ1v) is 9.51. The van der Waals surface area contributed by atoms with Gasteiger partial charge in [-0.3, -0.25) is 0 Å². The minimum Gasteiger partial charge on any atom is -0.478 e. The normalized spacial score (nSPS) is 9.72. The van der Waals surface area contributed by atoms with Crippen molar-refractivity contribution in [2.75, 3.05) is 7.11 Å². The van der Waals surface area contributed by atoms with Gasteiger partial charge in [0.2, 0.25) is 0 Å². The van der Waals surface area contributed by atoms with Gasteiger partial charge in [-0.05, 0) is 19.8 Å². The van der Waals surface area contributed by atoms with Crippen molar-refractivity contribution in [3.63, 3.8) is 0 Å². The van der Waals surface area contributed by atoms with Crippen LogP contribution in [0.3, 0.4) is 0 Å². The third-order valence-corrected chi connectivity index (χ3v) is 3.92. The SMILES string of the molecule is C=C(C)C(=O)OC.C=C(CCCCCCCCCCCCC)C(=O)O. The second kappa shape index (κ2) is 18.8. The van der Waals surface area contributed by atoms with Crippen molar-refractivity contribution in [2.45, 2.75) is 90.9 Å². The van der Waals surface area contributed by atoms with Gasteiger partial charge in [0, 0.05) is 11.1 Å². The van der Waals surface area contributed by atoms with Crippen LogP contribution in [0.15, 0.2) is 24.3 Å². The highest BCUT2D eigenvalue weighted by Crippen LogP contribution is 2.13. The molecule has 0 saturated carbocycles. The van der Waals surface area contributed by atoms with E-state index in [-0.39, 0.29) is 5.97 Å². The lowest BCUT2D eigenvalue weighted by Gasteiger charge is -2.02. The van der Waals surface area contributed by atoms with Crippen LogP contribution in [-0.2, 0) is 14.3 Å². The predicted molar refractivity (Wildman–Crippen MR) is 105 cm³/mol. The summed E-state index contributed by atoms with van der Waals surface area (Å²) in [7, 11) is 1.33. The molecule has 0 unspecified atom stereocenters. The summed E-state index contributed by atoms with van der Waals surface area (Å²) in [5.74, 6) is -1.19. The molecular weight excluding hydrogens is 316 g/mol. The van der Waals surface area contributed by atoms with Gasteiger partial charge in [0.25, 0.3) is 0 Å². The van der Waals surface area contributed by atoms with Gasteiger partial charge in [-0.2, -0.15) is 0 Å². The minimum atomic E-state index is -0.845. The quantitative estimate of drug-likeness (QED) is 0.234. The largest absolute Gasteiger partial charge is 0.478 e. The maximum atomic E-state index is 10.5. The molecule has 146 valence electrons. The molecule has 0 fully saturated rings. The van der Waals surface area contributed by atoms with Gasteiger partial charge in [-0.25, -0.2) is 9.59 Å². The molecule has 0 heterocycles. The van der Waals surface area contributed by atoms with E-state index in [1.807, 2.05) is 0 Å². The van der Waals surface area contributed by atoms with Crippen LogP contribution in [0.2, 0.25) is 0 Å². The number of carboxylic acid groups (broad SMARTS) is 1. The molecule has 0 aliphatic rings.